The maximum absolute atomic E-state index is 10.9. The van der Waals surface area contributed by atoms with Crippen LogP contribution in [-0.4, -0.2) is 48.4 Å². The van der Waals surface area contributed by atoms with Crippen LogP contribution >= 0.6 is 0 Å². The molecule has 0 saturated heterocycles. The highest BCUT2D eigenvalue weighted by Gasteiger charge is 2.02. The Balaban J connectivity index is 3.57. The van der Waals surface area contributed by atoms with E-state index in [1.165, 1.54) is 0 Å². The van der Waals surface area contributed by atoms with E-state index in [-0.39, 0.29) is 5.91 Å². The summed E-state index contributed by atoms with van der Waals surface area (Å²) in [6.07, 6.45) is 4.11. The monoisotopic (exact) mass is 229 g/mol. The van der Waals surface area contributed by atoms with Crippen LogP contribution in [0.25, 0.3) is 0 Å². The third-order valence-electron chi connectivity index (χ3n) is 2.21. The van der Waals surface area contributed by atoms with E-state index in [9.17, 15) is 4.79 Å². The maximum atomic E-state index is 10.9. The molecule has 0 fully saturated rings. The number of carbonyl (C=O) groups excluding carboxylic acids is 1. The minimum absolute atomic E-state index is 0.347. The van der Waals surface area contributed by atoms with Crippen molar-refractivity contribution in [1.29, 1.82) is 0 Å². The summed E-state index contributed by atoms with van der Waals surface area (Å²) in [7, 11) is 0. The van der Waals surface area contributed by atoms with E-state index in [0.717, 1.165) is 45.1 Å². The van der Waals surface area contributed by atoms with Crippen molar-refractivity contribution in [2.24, 2.45) is 5.16 Å². The van der Waals surface area contributed by atoms with Crippen LogP contribution in [0.5, 0.6) is 0 Å². The average molecular weight is 229 g/mol. The first-order valence-corrected chi connectivity index (χ1v) is 5.92. The summed E-state index contributed by atoms with van der Waals surface area (Å²) in [6.45, 7) is 8.18. The lowest BCUT2D eigenvalue weighted by Crippen LogP contribution is -2.31. The van der Waals surface area contributed by atoms with Gasteiger partial charge in [0.05, 0.1) is 0 Å². The fourth-order valence-electron chi connectivity index (χ4n) is 1.58. The van der Waals surface area contributed by atoms with E-state index in [0.29, 0.717) is 6.54 Å². The van der Waals surface area contributed by atoms with Gasteiger partial charge in [-0.1, -0.05) is 19.0 Å². The molecule has 2 N–H and O–H groups in total. The van der Waals surface area contributed by atoms with Gasteiger partial charge in [0.1, 0.15) is 6.21 Å². The van der Waals surface area contributed by atoms with Gasteiger partial charge >= 0.3 is 0 Å². The van der Waals surface area contributed by atoms with Crippen LogP contribution in [0.3, 0.4) is 0 Å². The Morgan fingerprint density at radius 2 is 1.94 bits per heavy atom. The predicted octanol–water partition coefficient (Wildman–Crippen LogP) is 1.07. The second kappa shape index (κ2) is 10.4. The fraction of sp³-hybridized carbons (Fsp3) is 0.818. The Hall–Kier alpha value is -1.10. The predicted molar refractivity (Wildman–Crippen MR) is 64.9 cm³/mol. The molecule has 16 heavy (non-hydrogen) atoms. The summed E-state index contributed by atoms with van der Waals surface area (Å²) in [5, 5.41) is 13.4. The molecule has 0 aliphatic rings. The van der Waals surface area contributed by atoms with Gasteiger partial charge in [-0.25, -0.2) is 0 Å². The lowest BCUT2D eigenvalue weighted by molar-refractivity contribution is -0.114. The molecule has 0 spiro atoms. The molecule has 5 nitrogen and oxygen atoms in total. The molecule has 0 aromatic carbocycles. The third-order valence-corrected chi connectivity index (χ3v) is 2.21. The standard InChI is InChI=1S/C11H23N3O2/c1-3-7-14(8-4-2)9-5-6-12-11(15)10-13-16/h10,16H,3-9H2,1-2H3,(H,12,15)/b13-10-. The van der Waals surface area contributed by atoms with E-state index in [1.807, 2.05) is 0 Å². The van der Waals surface area contributed by atoms with E-state index >= 15 is 0 Å². The summed E-state index contributed by atoms with van der Waals surface area (Å²) >= 11 is 0. The van der Waals surface area contributed by atoms with Crippen molar-refractivity contribution in [1.82, 2.24) is 10.2 Å². The SMILES string of the molecule is CCCN(CCC)CCCNC(=O)/C=N\O. The average Bonchev–Trinajstić information content (AvgIpc) is 2.25. The van der Waals surface area contributed by atoms with Gasteiger partial charge in [0.15, 0.2) is 0 Å². The second-order valence-electron chi connectivity index (χ2n) is 3.73. The first-order valence-electron chi connectivity index (χ1n) is 5.92. The number of amides is 1. The summed E-state index contributed by atoms with van der Waals surface area (Å²) in [4.78, 5) is 13.3. The molecular weight excluding hydrogens is 206 g/mol. The fourth-order valence-corrected chi connectivity index (χ4v) is 1.58. The highest BCUT2D eigenvalue weighted by atomic mass is 16.4. The van der Waals surface area contributed by atoms with Crippen LogP contribution in [0.4, 0.5) is 0 Å². The van der Waals surface area contributed by atoms with Crippen LogP contribution < -0.4 is 5.32 Å². The molecule has 0 aliphatic carbocycles. The highest BCUT2D eigenvalue weighted by molar-refractivity contribution is 6.25. The summed E-state index contributed by atoms with van der Waals surface area (Å²) < 4.78 is 0. The maximum Gasteiger partial charge on any atom is 0.265 e. The molecule has 0 aromatic heterocycles. The molecule has 0 heterocycles. The Morgan fingerprint density at radius 3 is 2.44 bits per heavy atom. The van der Waals surface area contributed by atoms with Crippen molar-refractivity contribution in [2.75, 3.05) is 26.2 Å². The van der Waals surface area contributed by atoms with Crippen molar-refractivity contribution in [3.8, 4) is 0 Å². The van der Waals surface area contributed by atoms with E-state index in [2.05, 4.69) is 29.2 Å². The Bertz CT molecular complexity index is 201. The van der Waals surface area contributed by atoms with Crippen molar-refractivity contribution < 1.29 is 10.0 Å². The van der Waals surface area contributed by atoms with Gasteiger partial charge in [0, 0.05) is 6.54 Å². The highest BCUT2D eigenvalue weighted by Crippen LogP contribution is 1.95. The van der Waals surface area contributed by atoms with E-state index in [4.69, 9.17) is 5.21 Å². The zero-order valence-corrected chi connectivity index (χ0v) is 10.3. The first kappa shape index (κ1) is 14.9. The molecule has 1 amide bonds. The van der Waals surface area contributed by atoms with Crippen LogP contribution in [0, 0.1) is 0 Å². The summed E-state index contributed by atoms with van der Waals surface area (Å²) in [6, 6.07) is 0. The molecule has 0 aliphatic heterocycles. The number of rotatable bonds is 9. The lowest BCUT2D eigenvalue weighted by atomic mass is 10.3. The van der Waals surface area contributed by atoms with E-state index in [1.54, 1.807) is 0 Å². The first-order chi connectivity index (χ1) is 7.74. The van der Waals surface area contributed by atoms with Gasteiger partial charge < -0.3 is 15.4 Å². The molecular formula is C11H23N3O2. The quantitative estimate of drug-likeness (QED) is 0.269. The topological polar surface area (TPSA) is 64.9 Å². The minimum atomic E-state index is -0.347. The Morgan fingerprint density at radius 1 is 1.31 bits per heavy atom. The van der Waals surface area contributed by atoms with Gasteiger partial charge in [0.25, 0.3) is 5.91 Å². The van der Waals surface area contributed by atoms with Gasteiger partial charge in [-0.05, 0) is 38.9 Å². The smallest absolute Gasteiger partial charge is 0.265 e. The van der Waals surface area contributed by atoms with Crippen molar-refractivity contribution in [3.63, 3.8) is 0 Å². The lowest BCUT2D eigenvalue weighted by Gasteiger charge is -2.20. The Labute approximate surface area is 97.5 Å². The Kier molecular flexibility index (Phi) is 9.70. The molecule has 0 bridgehead atoms. The number of hydrogen-bond acceptors (Lipinski definition) is 4. The van der Waals surface area contributed by atoms with Crippen molar-refractivity contribution in [2.45, 2.75) is 33.1 Å². The van der Waals surface area contributed by atoms with Crippen molar-refractivity contribution in [3.05, 3.63) is 0 Å². The third kappa shape index (κ3) is 8.23. The zero-order chi connectivity index (χ0) is 12.2. The number of hydrogen-bond donors (Lipinski definition) is 2. The molecule has 0 saturated carbocycles. The molecule has 0 radical (unpaired) electrons. The number of carbonyl (C=O) groups is 1. The molecule has 0 atom stereocenters. The molecule has 0 aromatic rings. The number of nitrogens with one attached hydrogen (secondary N) is 1. The second-order valence-corrected chi connectivity index (χ2v) is 3.73. The van der Waals surface area contributed by atoms with Gasteiger partial charge in [-0.15, -0.1) is 0 Å². The number of oxime groups is 1. The van der Waals surface area contributed by atoms with Gasteiger partial charge in [-0.3, -0.25) is 4.79 Å². The van der Waals surface area contributed by atoms with E-state index < -0.39 is 0 Å². The zero-order valence-electron chi connectivity index (χ0n) is 10.3. The largest absolute Gasteiger partial charge is 0.411 e. The normalized spacial score (nSPS) is 11.2. The summed E-state index contributed by atoms with van der Waals surface area (Å²) in [5.74, 6) is -0.347. The molecule has 5 heteroatoms. The van der Waals surface area contributed by atoms with Crippen LogP contribution in [0.15, 0.2) is 5.16 Å². The molecule has 0 rings (SSSR count). The van der Waals surface area contributed by atoms with Crippen molar-refractivity contribution >= 4 is 12.1 Å². The van der Waals surface area contributed by atoms with Crippen LogP contribution in [0.1, 0.15) is 33.1 Å². The van der Waals surface area contributed by atoms with Gasteiger partial charge in [-0.2, -0.15) is 0 Å². The van der Waals surface area contributed by atoms with Crippen LogP contribution in [0.2, 0.25) is 0 Å². The number of nitrogens with zero attached hydrogens (tertiary/aromatic N) is 2. The van der Waals surface area contributed by atoms with Gasteiger partial charge in [0.2, 0.25) is 0 Å². The molecule has 0 unspecified atom stereocenters. The van der Waals surface area contributed by atoms with Crippen LogP contribution in [-0.2, 0) is 4.79 Å². The molecule has 94 valence electrons. The minimum Gasteiger partial charge on any atom is -0.411 e. The summed E-state index contributed by atoms with van der Waals surface area (Å²) in [5.41, 5.74) is 0.